The Morgan fingerprint density at radius 3 is 2.70 bits per heavy atom. The van der Waals surface area contributed by atoms with E-state index in [2.05, 4.69) is 4.37 Å². The molecule has 2 nitrogen and oxygen atoms in total. The number of anilines is 1. The average molecular weight is 177 g/mol. The molecule has 0 bridgehead atoms. The summed E-state index contributed by atoms with van der Waals surface area (Å²) in [6, 6.07) is 0. The monoisotopic (exact) mass is 176 g/mol. The first-order chi connectivity index (χ1) is 4.38. The molecule has 1 heterocycles. The Balaban J connectivity index is 0.000000500. The zero-order chi connectivity index (χ0) is 6.27. The molecular weight excluding hydrogens is 168 g/mol. The summed E-state index contributed by atoms with van der Waals surface area (Å²) in [5.74, 6) is 0.705. The maximum atomic E-state index is 5.63. The molecule has 1 aliphatic rings. The first-order valence-corrected chi connectivity index (χ1v) is 3.91. The molecule has 0 atom stereocenters. The Hall–Kier alpha value is -0.280. The van der Waals surface area contributed by atoms with E-state index in [-0.39, 0.29) is 12.4 Å². The van der Waals surface area contributed by atoms with Gasteiger partial charge in [-0.25, -0.2) is 0 Å². The van der Waals surface area contributed by atoms with Crippen molar-refractivity contribution in [1.29, 1.82) is 0 Å². The maximum absolute atomic E-state index is 5.63. The standard InChI is InChI=1S/C6H8N2S.ClH/c7-5-3-9-8-6(5)4-1-2-4;/h3-4H,1-2,7H2;1H. The molecule has 0 radical (unpaired) electrons. The van der Waals surface area contributed by atoms with Crippen LogP contribution in [0.3, 0.4) is 0 Å². The second-order valence-corrected chi connectivity index (χ2v) is 3.06. The van der Waals surface area contributed by atoms with E-state index in [9.17, 15) is 0 Å². The second-order valence-electron chi connectivity index (χ2n) is 2.43. The smallest absolute Gasteiger partial charge is 0.0802 e. The summed E-state index contributed by atoms with van der Waals surface area (Å²) in [6.45, 7) is 0. The van der Waals surface area contributed by atoms with Crippen LogP contribution in [0.1, 0.15) is 24.5 Å². The van der Waals surface area contributed by atoms with Crippen molar-refractivity contribution in [1.82, 2.24) is 4.37 Å². The Kier molecular flexibility index (Phi) is 2.16. The highest BCUT2D eigenvalue weighted by atomic mass is 35.5. The molecule has 0 aromatic carbocycles. The number of hydrogen-bond donors (Lipinski definition) is 1. The van der Waals surface area contributed by atoms with E-state index >= 15 is 0 Å². The number of rotatable bonds is 1. The van der Waals surface area contributed by atoms with E-state index in [0.29, 0.717) is 5.92 Å². The van der Waals surface area contributed by atoms with E-state index < -0.39 is 0 Å². The van der Waals surface area contributed by atoms with Gasteiger partial charge in [-0.05, 0) is 24.4 Å². The second kappa shape index (κ2) is 2.76. The van der Waals surface area contributed by atoms with Crippen molar-refractivity contribution >= 4 is 29.6 Å². The van der Waals surface area contributed by atoms with Crippen molar-refractivity contribution in [3.05, 3.63) is 11.1 Å². The summed E-state index contributed by atoms with van der Waals surface area (Å²) < 4.78 is 4.19. The van der Waals surface area contributed by atoms with Gasteiger partial charge in [0, 0.05) is 11.3 Å². The molecule has 1 aromatic rings. The summed E-state index contributed by atoms with van der Waals surface area (Å²) >= 11 is 1.46. The van der Waals surface area contributed by atoms with Crippen LogP contribution in [0, 0.1) is 0 Å². The van der Waals surface area contributed by atoms with Crippen molar-refractivity contribution in [2.24, 2.45) is 0 Å². The van der Waals surface area contributed by atoms with Crippen LogP contribution in [0.5, 0.6) is 0 Å². The predicted molar refractivity (Wildman–Crippen MR) is 45.7 cm³/mol. The fourth-order valence-corrected chi connectivity index (χ4v) is 1.58. The van der Waals surface area contributed by atoms with Gasteiger partial charge in [-0.15, -0.1) is 12.4 Å². The van der Waals surface area contributed by atoms with Gasteiger partial charge in [-0.3, -0.25) is 0 Å². The predicted octanol–water partition coefficient (Wildman–Crippen LogP) is 2.02. The molecule has 0 aliphatic heterocycles. The summed E-state index contributed by atoms with van der Waals surface area (Å²) in [4.78, 5) is 0. The Morgan fingerprint density at radius 2 is 2.30 bits per heavy atom. The lowest BCUT2D eigenvalue weighted by Gasteiger charge is -1.88. The number of nitrogen functional groups attached to an aromatic ring is 1. The van der Waals surface area contributed by atoms with Crippen molar-refractivity contribution < 1.29 is 0 Å². The van der Waals surface area contributed by atoms with E-state index in [0.717, 1.165) is 11.4 Å². The minimum absolute atomic E-state index is 0. The minimum Gasteiger partial charge on any atom is -0.397 e. The quantitative estimate of drug-likeness (QED) is 0.711. The summed E-state index contributed by atoms with van der Waals surface area (Å²) in [5.41, 5.74) is 7.66. The fourth-order valence-electron chi connectivity index (χ4n) is 0.920. The SMILES string of the molecule is Cl.Nc1csnc1C1CC1. The van der Waals surface area contributed by atoms with Crippen LogP contribution >= 0.6 is 23.9 Å². The van der Waals surface area contributed by atoms with Crippen molar-refractivity contribution in [3.8, 4) is 0 Å². The lowest BCUT2D eigenvalue weighted by atomic mass is 10.3. The topological polar surface area (TPSA) is 38.9 Å². The van der Waals surface area contributed by atoms with Gasteiger partial charge >= 0.3 is 0 Å². The van der Waals surface area contributed by atoms with Gasteiger partial charge in [0.1, 0.15) is 0 Å². The van der Waals surface area contributed by atoms with Crippen LogP contribution < -0.4 is 5.73 Å². The zero-order valence-corrected chi connectivity index (χ0v) is 7.04. The highest BCUT2D eigenvalue weighted by molar-refractivity contribution is 7.04. The molecular formula is C6H9ClN2S. The Bertz CT molecular complexity index is 219. The first kappa shape index (κ1) is 7.82. The normalized spacial score (nSPS) is 16.4. The van der Waals surface area contributed by atoms with Crippen molar-refractivity contribution in [2.75, 3.05) is 5.73 Å². The molecule has 2 rings (SSSR count). The molecule has 1 saturated carbocycles. The number of nitrogens with zero attached hydrogens (tertiary/aromatic N) is 1. The molecule has 1 aliphatic carbocycles. The summed E-state index contributed by atoms with van der Waals surface area (Å²) in [5, 5.41) is 1.91. The van der Waals surface area contributed by atoms with Crippen LogP contribution in [0.2, 0.25) is 0 Å². The van der Waals surface area contributed by atoms with Crippen molar-refractivity contribution in [3.63, 3.8) is 0 Å². The third-order valence-corrected chi connectivity index (χ3v) is 2.25. The van der Waals surface area contributed by atoms with Crippen LogP contribution in [-0.4, -0.2) is 4.37 Å². The summed E-state index contributed by atoms with van der Waals surface area (Å²) in [7, 11) is 0. The first-order valence-electron chi connectivity index (χ1n) is 3.07. The largest absolute Gasteiger partial charge is 0.397 e. The van der Waals surface area contributed by atoms with Crippen LogP contribution in [0.4, 0.5) is 5.69 Å². The van der Waals surface area contributed by atoms with Crippen LogP contribution in [0.25, 0.3) is 0 Å². The van der Waals surface area contributed by atoms with Gasteiger partial charge in [0.15, 0.2) is 0 Å². The Morgan fingerprint density at radius 1 is 1.60 bits per heavy atom. The van der Waals surface area contributed by atoms with Gasteiger partial charge < -0.3 is 5.73 Å². The molecule has 0 amide bonds. The number of aromatic nitrogens is 1. The van der Waals surface area contributed by atoms with Gasteiger partial charge in [-0.1, -0.05) is 0 Å². The van der Waals surface area contributed by atoms with Gasteiger partial charge in [0.2, 0.25) is 0 Å². The fraction of sp³-hybridized carbons (Fsp3) is 0.500. The van der Waals surface area contributed by atoms with Crippen molar-refractivity contribution in [2.45, 2.75) is 18.8 Å². The van der Waals surface area contributed by atoms with Crippen LogP contribution in [-0.2, 0) is 0 Å². The van der Waals surface area contributed by atoms with E-state index in [4.69, 9.17) is 5.73 Å². The molecule has 56 valence electrons. The van der Waals surface area contributed by atoms with Gasteiger partial charge in [0.25, 0.3) is 0 Å². The minimum atomic E-state index is 0. The average Bonchev–Trinajstić information content (AvgIpc) is 2.58. The lowest BCUT2D eigenvalue weighted by Crippen LogP contribution is -1.87. The molecule has 0 unspecified atom stereocenters. The molecule has 4 heteroatoms. The van der Waals surface area contributed by atoms with Gasteiger partial charge in [0.05, 0.1) is 11.4 Å². The van der Waals surface area contributed by atoms with Crippen LogP contribution in [0.15, 0.2) is 5.38 Å². The molecule has 0 spiro atoms. The number of halogens is 1. The molecule has 2 N–H and O–H groups in total. The number of hydrogen-bond acceptors (Lipinski definition) is 3. The third kappa shape index (κ3) is 1.25. The molecule has 0 saturated heterocycles. The van der Waals surface area contributed by atoms with E-state index in [1.165, 1.54) is 24.4 Å². The lowest BCUT2D eigenvalue weighted by molar-refractivity contribution is 1.08. The third-order valence-electron chi connectivity index (χ3n) is 1.59. The molecule has 1 fully saturated rings. The maximum Gasteiger partial charge on any atom is 0.0802 e. The van der Waals surface area contributed by atoms with Gasteiger partial charge in [-0.2, -0.15) is 4.37 Å². The molecule has 1 aromatic heterocycles. The molecule has 10 heavy (non-hydrogen) atoms. The highest BCUT2D eigenvalue weighted by Crippen LogP contribution is 2.42. The highest BCUT2D eigenvalue weighted by Gasteiger charge is 2.27. The van der Waals surface area contributed by atoms with E-state index in [1.54, 1.807) is 0 Å². The number of nitrogens with two attached hydrogens (primary N) is 1. The zero-order valence-electron chi connectivity index (χ0n) is 5.41. The van der Waals surface area contributed by atoms with E-state index in [1.807, 2.05) is 5.38 Å². The Labute approximate surface area is 70.0 Å². The summed E-state index contributed by atoms with van der Waals surface area (Å²) in [6.07, 6.45) is 2.57.